The lowest BCUT2D eigenvalue weighted by atomic mass is 9.97. The monoisotopic (exact) mass is 264 g/mol. The van der Waals surface area contributed by atoms with E-state index in [4.69, 9.17) is 0 Å². The average Bonchev–Trinajstić information content (AvgIpc) is 3.00. The molecule has 1 aliphatic carbocycles. The summed E-state index contributed by atoms with van der Waals surface area (Å²) in [5.41, 5.74) is 0.592. The molecule has 2 rings (SSSR count). The summed E-state index contributed by atoms with van der Waals surface area (Å²) < 4.78 is 0. The van der Waals surface area contributed by atoms with Crippen molar-refractivity contribution < 1.29 is 4.79 Å². The molecule has 0 bridgehead atoms. The Morgan fingerprint density at radius 1 is 1.56 bits per heavy atom. The second-order valence-electron chi connectivity index (χ2n) is 4.88. The second kappa shape index (κ2) is 5.65. The van der Waals surface area contributed by atoms with Gasteiger partial charge in [0.2, 0.25) is 5.91 Å². The Morgan fingerprint density at radius 2 is 2.28 bits per heavy atom. The Bertz CT molecular complexity index is 431. The van der Waals surface area contributed by atoms with Gasteiger partial charge >= 0.3 is 0 Å². The number of carbonyl (C=O) groups is 1. The van der Waals surface area contributed by atoms with Crippen LogP contribution in [0.5, 0.6) is 0 Å². The van der Waals surface area contributed by atoms with Crippen LogP contribution in [0.4, 0.5) is 0 Å². The lowest BCUT2D eigenvalue weighted by Gasteiger charge is -2.28. The summed E-state index contributed by atoms with van der Waals surface area (Å²) in [5, 5.41) is 6.26. The van der Waals surface area contributed by atoms with E-state index in [-0.39, 0.29) is 11.4 Å². The van der Waals surface area contributed by atoms with Crippen LogP contribution in [0.15, 0.2) is 23.2 Å². The van der Waals surface area contributed by atoms with Gasteiger partial charge in [0.15, 0.2) is 0 Å². The number of nitrogens with one attached hydrogen (secondary N) is 1. The second-order valence-corrected chi connectivity index (χ2v) is 5.77. The molecule has 1 amide bonds. The Kier molecular flexibility index (Phi) is 4.17. The molecule has 1 fully saturated rings. The van der Waals surface area contributed by atoms with E-state index in [0.717, 1.165) is 42.7 Å². The molecule has 1 heterocycles. The number of nitrogens with zero attached hydrogens (tertiary/aromatic N) is 1. The summed E-state index contributed by atoms with van der Waals surface area (Å²) in [6.45, 7) is 3.92. The van der Waals surface area contributed by atoms with Gasteiger partial charge in [-0.05, 0) is 26.2 Å². The summed E-state index contributed by atoms with van der Waals surface area (Å²) in [7, 11) is 0. The normalized spacial score (nSPS) is 18.9. The minimum Gasteiger partial charge on any atom is -0.340 e. The standard InChI is InChI=1S/C14H20N2OS/c1-3-6-11(2)12(17)16-14(7-4-5-8-14)13-15-9-10-18-13/h6,9-10H,3-5,7-8H2,1-2H3,(H,16,17). The molecule has 4 heteroatoms. The van der Waals surface area contributed by atoms with E-state index in [1.807, 2.05) is 31.5 Å². The molecule has 0 aromatic carbocycles. The van der Waals surface area contributed by atoms with Gasteiger partial charge in [-0.25, -0.2) is 4.98 Å². The van der Waals surface area contributed by atoms with Crippen molar-refractivity contribution in [1.29, 1.82) is 0 Å². The van der Waals surface area contributed by atoms with Crippen molar-refractivity contribution >= 4 is 17.2 Å². The molecule has 1 N–H and O–H groups in total. The van der Waals surface area contributed by atoms with Gasteiger partial charge in [0.1, 0.15) is 5.01 Å². The van der Waals surface area contributed by atoms with Crippen molar-refractivity contribution in [2.75, 3.05) is 0 Å². The van der Waals surface area contributed by atoms with Crippen LogP contribution in [-0.2, 0) is 10.3 Å². The largest absolute Gasteiger partial charge is 0.340 e. The maximum Gasteiger partial charge on any atom is 0.247 e. The fourth-order valence-electron chi connectivity index (χ4n) is 2.55. The topological polar surface area (TPSA) is 42.0 Å². The number of allylic oxidation sites excluding steroid dienone is 1. The quantitative estimate of drug-likeness (QED) is 0.847. The van der Waals surface area contributed by atoms with Crippen molar-refractivity contribution in [3.05, 3.63) is 28.2 Å². The Morgan fingerprint density at radius 3 is 2.83 bits per heavy atom. The lowest BCUT2D eigenvalue weighted by molar-refractivity contribution is -0.119. The molecule has 98 valence electrons. The van der Waals surface area contributed by atoms with E-state index >= 15 is 0 Å². The first-order valence-corrected chi connectivity index (χ1v) is 7.45. The van der Waals surface area contributed by atoms with Crippen molar-refractivity contribution in [3.63, 3.8) is 0 Å². The van der Waals surface area contributed by atoms with E-state index < -0.39 is 0 Å². The van der Waals surface area contributed by atoms with E-state index in [2.05, 4.69) is 10.3 Å². The maximum atomic E-state index is 12.2. The molecule has 0 atom stereocenters. The summed E-state index contributed by atoms with van der Waals surface area (Å²) in [4.78, 5) is 16.6. The van der Waals surface area contributed by atoms with Crippen LogP contribution < -0.4 is 5.32 Å². The highest BCUT2D eigenvalue weighted by molar-refractivity contribution is 7.09. The number of thiazole rings is 1. The van der Waals surface area contributed by atoms with Crippen LogP contribution in [0.2, 0.25) is 0 Å². The molecule has 18 heavy (non-hydrogen) atoms. The van der Waals surface area contributed by atoms with Crippen molar-refractivity contribution in [2.45, 2.75) is 51.5 Å². The van der Waals surface area contributed by atoms with E-state index in [1.54, 1.807) is 11.3 Å². The molecule has 1 aromatic rings. The molecule has 3 nitrogen and oxygen atoms in total. The smallest absolute Gasteiger partial charge is 0.247 e. The van der Waals surface area contributed by atoms with Crippen molar-refractivity contribution in [2.24, 2.45) is 0 Å². The molecular weight excluding hydrogens is 244 g/mol. The van der Waals surface area contributed by atoms with Gasteiger partial charge in [0, 0.05) is 17.2 Å². The van der Waals surface area contributed by atoms with E-state index in [9.17, 15) is 4.79 Å². The minimum atomic E-state index is -0.214. The van der Waals surface area contributed by atoms with Gasteiger partial charge in [0.25, 0.3) is 0 Å². The zero-order valence-corrected chi connectivity index (χ0v) is 11.8. The third-order valence-electron chi connectivity index (χ3n) is 3.52. The van der Waals surface area contributed by atoms with Crippen LogP contribution in [0.25, 0.3) is 0 Å². The van der Waals surface area contributed by atoms with Crippen LogP contribution in [0.1, 0.15) is 51.0 Å². The lowest BCUT2D eigenvalue weighted by Crippen LogP contribution is -2.44. The fourth-order valence-corrected chi connectivity index (χ4v) is 3.40. The summed E-state index contributed by atoms with van der Waals surface area (Å²) in [6, 6.07) is 0. The number of rotatable bonds is 4. The number of hydrogen-bond acceptors (Lipinski definition) is 3. The van der Waals surface area contributed by atoms with Crippen LogP contribution in [-0.4, -0.2) is 10.9 Å². The summed E-state index contributed by atoms with van der Waals surface area (Å²) >= 11 is 1.64. The third-order valence-corrected chi connectivity index (χ3v) is 4.50. The van der Waals surface area contributed by atoms with Crippen molar-refractivity contribution in [3.8, 4) is 0 Å². The fraction of sp³-hybridized carbons (Fsp3) is 0.571. The number of amides is 1. The molecule has 1 aromatic heterocycles. The predicted molar refractivity (Wildman–Crippen MR) is 74.5 cm³/mol. The number of aromatic nitrogens is 1. The van der Waals surface area contributed by atoms with Gasteiger partial charge in [-0.1, -0.05) is 25.8 Å². The zero-order valence-electron chi connectivity index (χ0n) is 11.0. The van der Waals surface area contributed by atoms with Crippen LogP contribution >= 0.6 is 11.3 Å². The van der Waals surface area contributed by atoms with E-state index in [1.165, 1.54) is 0 Å². The first kappa shape index (κ1) is 13.3. The molecule has 0 spiro atoms. The molecule has 0 saturated heterocycles. The molecule has 0 aliphatic heterocycles. The highest BCUT2D eigenvalue weighted by Gasteiger charge is 2.39. The average molecular weight is 264 g/mol. The molecule has 1 saturated carbocycles. The first-order valence-electron chi connectivity index (χ1n) is 6.57. The van der Waals surface area contributed by atoms with Gasteiger partial charge in [-0.2, -0.15) is 0 Å². The molecule has 1 aliphatic rings. The molecule has 0 unspecified atom stereocenters. The third kappa shape index (κ3) is 2.64. The summed E-state index contributed by atoms with van der Waals surface area (Å²) in [6.07, 6.45) is 9.02. The van der Waals surface area contributed by atoms with Gasteiger partial charge in [-0.3, -0.25) is 4.79 Å². The number of hydrogen-bond donors (Lipinski definition) is 1. The van der Waals surface area contributed by atoms with Gasteiger partial charge < -0.3 is 5.32 Å². The Balaban J connectivity index is 2.18. The molecular formula is C14H20N2OS. The highest BCUT2D eigenvalue weighted by atomic mass is 32.1. The Hall–Kier alpha value is -1.16. The zero-order chi connectivity index (χ0) is 13.0. The molecule has 0 radical (unpaired) electrons. The van der Waals surface area contributed by atoms with Crippen LogP contribution in [0, 0.1) is 0 Å². The summed E-state index contributed by atoms with van der Waals surface area (Å²) in [5.74, 6) is 0.0500. The Labute approximate surface area is 112 Å². The minimum absolute atomic E-state index is 0.0500. The van der Waals surface area contributed by atoms with Gasteiger partial charge in [0.05, 0.1) is 5.54 Å². The SMILES string of the molecule is CCC=C(C)C(=O)NC1(c2nccs2)CCCC1. The van der Waals surface area contributed by atoms with Crippen molar-refractivity contribution in [1.82, 2.24) is 10.3 Å². The van der Waals surface area contributed by atoms with Gasteiger partial charge in [-0.15, -0.1) is 11.3 Å². The predicted octanol–water partition coefficient (Wildman–Crippen LogP) is 3.38. The van der Waals surface area contributed by atoms with E-state index in [0.29, 0.717) is 0 Å². The highest BCUT2D eigenvalue weighted by Crippen LogP contribution is 2.39. The maximum absolute atomic E-state index is 12.2. The first-order chi connectivity index (χ1) is 8.68. The van der Waals surface area contributed by atoms with Crippen LogP contribution in [0.3, 0.4) is 0 Å². The number of carbonyl (C=O) groups excluding carboxylic acids is 1.